The number of amides is 1. The minimum absolute atomic E-state index is 0.00395. The van der Waals surface area contributed by atoms with Crippen molar-refractivity contribution < 1.29 is 14.3 Å². The van der Waals surface area contributed by atoms with Crippen LogP contribution in [0.5, 0.6) is 11.5 Å². The number of nitrogens with zero attached hydrogens (tertiary/aromatic N) is 5. The number of rotatable bonds is 10. The molecule has 0 atom stereocenters. The van der Waals surface area contributed by atoms with Gasteiger partial charge in [-0.3, -0.25) is 4.79 Å². The van der Waals surface area contributed by atoms with E-state index in [-0.39, 0.29) is 11.7 Å². The zero-order valence-electron chi connectivity index (χ0n) is 21.7. The number of piperazine rings is 1. The molecule has 3 aromatic rings. The van der Waals surface area contributed by atoms with Crippen molar-refractivity contribution in [3.05, 3.63) is 64.3 Å². The first kappa shape index (κ1) is 28.1. The molecule has 2 heterocycles. The molecule has 1 fully saturated rings. The smallest absolute Gasteiger partial charge is 0.232 e. The molecule has 0 unspecified atom stereocenters. The highest BCUT2D eigenvalue weighted by Crippen LogP contribution is 2.28. The molecule has 1 aliphatic rings. The van der Waals surface area contributed by atoms with Crippen LogP contribution in [0.25, 0.3) is 0 Å². The summed E-state index contributed by atoms with van der Waals surface area (Å²) in [6.07, 6.45) is 0.701. The van der Waals surface area contributed by atoms with Crippen LogP contribution < -0.4 is 19.3 Å². The number of carbonyl (C=O) groups is 1. The van der Waals surface area contributed by atoms with Crippen LogP contribution >= 0.6 is 35.0 Å². The lowest BCUT2D eigenvalue weighted by molar-refractivity contribution is -0.127. The number of benzene rings is 2. The van der Waals surface area contributed by atoms with Gasteiger partial charge in [-0.05, 0) is 42.3 Å². The Morgan fingerprint density at radius 3 is 2.42 bits per heavy atom. The molecule has 1 amide bonds. The lowest BCUT2D eigenvalue weighted by Crippen LogP contribution is -2.46. The Labute approximate surface area is 237 Å². The molecule has 4 rings (SSSR count). The van der Waals surface area contributed by atoms with E-state index in [0.717, 1.165) is 48.3 Å². The van der Waals surface area contributed by atoms with E-state index in [1.165, 1.54) is 11.8 Å². The highest BCUT2D eigenvalue weighted by molar-refractivity contribution is 7.99. The van der Waals surface area contributed by atoms with Crippen LogP contribution in [0.2, 0.25) is 10.2 Å². The summed E-state index contributed by atoms with van der Waals surface area (Å²) in [6.45, 7) is 3.85. The first-order valence-corrected chi connectivity index (χ1v) is 14.0. The Hall–Kier alpha value is -2.88. The van der Waals surface area contributed by atoms with Crippen LogP contribution in [0.3, 0.4) is 0 Å². The van der Waals surface area contributed by atoms with E-state index in [2.05, 4.69) is 25.8 Å². The number of halogens is 2. The van der Waals surface area contributed by atoms with Crippen molar-refractivity contribution in [1.29, 1.82) is 0 Å². The van der Waals surface area contributed by atoms with E-state index in [1.54, 1.807) is 32.2 Å². The highest BCUT2D eigenvalue weighted by atomic mass is 35.5. The SMILES string of the molecule is COc1ccc(CCN(C)C(=O)CSc2nc(Cl)cc(N3CCN(c4cccc(Cl)c4)CC3)n2)cc1OC. The summed E-state index contributed by atoms with van der Waals surface area (Å²) in [5.74, 6) is 2.35. The maximum Gasteiger partial charge on any atom is 0.232 e. The molecule has 38 heavy (non-hydrogen) atoms. The van der Waals surface area contributed by atoms with E-state index < -0.39 is 0 Å². The first-order chi connectivity index (χ1) is 18.4. The van der Waals surface area contributed by atoms with Gasteiger partial charge in [0.1, 0.15) is 11.0 Å². The fraction of sp³-hybridized carbons (Fsp3) is 0.370. The maximum absolute atomic E-state index is 12.8. The van der Waals surface area contributed by atoms with Gasteiger partial charge in [-0.1, -0.05) is 47.1 Å². The Balaban J connectivity index is 1.29. The van der Waals surface area contributed by atoms with Crippen molar-refractivity contribution >= 4 is 52.4 Å². The van der Waals surface area contributed by atoms with Crippen molar-refractivity contribution in [2.45, 2.75) is 11.6 Å². The molecule has 1 aliphatic heterocycles. The molecule has 0 saturated carbocycles. The molecule has 11 heteroatoms. The van der Waals surface area contributed by atoms with E-state index in [4.69, 9.17) is 32.7 Å². The molecule has 1 aromatic heterocycles. The third-order valence-electron chi connectivity index (χ3n) is 6.37. The van der Waals surface area contributed by atoms with E-state index >= 15 is 0 Å². The molecule has 0 spiro atoms. The van der Waals surface area contributed by atoms with Gasteiger partial charge >= 0.3 is 0 Å². The lowest BCUT2D eigenvalue weighted by atomic mass is 10.1. The zero-order valence-corrected chi connectivity index (χ0v) is 24.0. The van der Waals surface area contributed by atoms with Crippen LogP contribution in [0.15, 0.2) is 53.7 Å². The third-order valence-corrected chi connectivity index (χ3v) is 7.63. The van der Waals surface area contributed by atoms with Gasteiger partial charge in [0.25, 0.3) is 0 Å². The molecular formula is C27H31Cl2N5O3S. The van der Waals surface area contributed by atoms with Gasteiger partial charge in [0.15, 0.2) is 16.7 Å². The number of thioether (sulfide) groups is 1. The highest BCUT2D eigenvalue weighted by Gasteiger charge is 2.20. The summed E-state index contributed by atoms with van der Waals surface area (Å²) in [7, 11) is 5.02. The largest absolute Gasteiger partial charge is 0.493 e. The predicted molar refractivity (Wildman–Crippen MR) is 155 cm³/mol. The summed E-state index contributed by atoms with van der Waals surface area (Å²) in [5, 5.41) is 1.59. The second-order valence-electron chi connectivity index (χ2n) is 8.83. The average molecular weight is 577 g/mol. The molecule has 0 N–H and O–H groups in total. The summed E-state index contributed by atoms with van der Waals surface area (Å²) in [6, 6.07) is 15.5. The Bertz CT molecular complexity index is 1260. The van der Waals surface area contributed by atoms with Crippen molar-refractivity contribution in [2.24, 2.45) is 0 Å². The number of aromatic nitrogens is 2. The summed E-state index contributed by atoms with van der Waals surface area (Å²) < 4.78 is 10.7. The molecule has 2 aromatic carbocycles. The molecule has 0 aliphatic carbocycles. The fourth-order valence-corrected chi connectivity index (χ4v) is 5.38. The molecule has 1 saturated heterocycles. The van der Waals surface area contributed by atoms with Crippen LogP contribution in [0.4, 0.5) is 11.5 Å². The van der Waals surface area contributed by atoms with Gasteiger partial charge in [0, 0.05) is 56.5 Å². The second kappa shape index (κ2) is 13.3. The monoisotopic (exact) mass is 575 g/mol. The average Bonchev–Trinajstić information content (AvgIpc) is 2.94. The molecule has 8 nitrogen and oxygen atoms in total. The second-order valence-corrected chi connectivity index (χ2v) is 10.6. The van der Waals surface area contributed by atoms with Crippen molar-refractivity contribution in [3.63, 3.8) is 0 Å². The number of hydrogen-bond acceptors (Lipinski definition) is 8. The van der Waals surface area contributed by atoms with Gasteiger partial charge in [-0.15, -0.1) is 0 Å². The van der Waals surface area contributed by atoms with Crippen LogP contribution in [0.1, 0.15) is 5.56 Å². The number of methoxy groups -OCH3 is 2. The van der Waals surface area contributed by atoms with Crippen molar-refractivity contribution in [2.75, 3.05) is 69.5 Å². The van der Waals surface area contributed by atoms with Gasteiger partial charge < -0.3 is 24.2 Å². The predicted octanol–water partition coefficient (Wildman–Crippen LogP) is 4.92. The Kier molecular flexibility index (Phi) is 9.82. The topological polar surface area (TPSA) is 71.0 Å². The van der Waals surface area contributed by atoms with Crippen molar-refractivity contribution in [1.82, 2.24) is 14.9 Å². The van der Waals surface area contributed by atoms with E-state index in [1.807, 2.05) is 36.4 Å². The van der Waals surface area contributed by atoms with Gasteiger partial charge in [0.2, 0.25) is 5.91 Å². The summed E-state index contributed by atoms with van der Waals surface area (Å²) in [4.78, 5) is 28.0. The Morgan fingerprint density at radius 2 is 1.71 bits per heavy atom. The fourth-order valence-electron chi connectivity index (χ4n) is 4.17. The zero-order chi connectivity index (χ0) is 27.1. The van der Waals surface area contributed by atoms with Crippen LogP contribution in [-0.2, 0) is 11.2 Å². The number of carbonyl (C=O) groups excluding carboxylic acids is 1. The van der Waals surface area contributed by atoms with Gasteiger partial charge in [-0.25, -0.2) is 9.97 Å². The van der Waals surface area contributed by atoms with E-state index in [9.17, 15) is 4.79 Å². The standard InChI is InChI=1S/C27H31Cl2N5O3S/c1-32(10-9-19-7-8-22(36-2)23(15-19)37-3)26(35)18-38-27-30-24(29)17-25(31-27)34-13-11-33(12-14-34)21-6-4-5-20(28)16-21/h4-8,15-17H,9-14,18H2,1-3H3. The minimum Gasteiger partial charge on any atom is -0.493 e. The number of likely N-dealkylation sites (N-methyl/N-ethyl adjacent to an activating group) is 1. The van der Waals surface area contributed by atoms with Crippen LogP contribution in [-0.4, -0.2) is 80.5 Å². The van der Waals surface area contributed by atoms with E-state index in [0.29, 0.717) is 34.8 Å². The molecule has 202 valence electrons. The Morgan fingerprint density at radius 1 is 0.974 bits per heavy atom. The van der Waals surface area contributed by atoms with Crippen LogP contribution in [0, 0.1) is 0 Å². The number of anilines is 2. The van der Waals surface area contributed by atoms with Gasteiger partial charge in [-0.2, -0.15) is 0 Å². The van der Waals surface area contributed by atoms with Crippen molar-refractivity contribution in [3.8, 4) is 11.5 Å². The number of ether oxygens (including phenoxy) is 2. The van der Waals surface area contributed by atoms with Gasteiger partial charge in [0.05, 0.1) is 20.0 Å². The summed E-state index contributed by atoms with van der Waals surface area (Å²) >= 11 is 13.8. The summed E-state index contributed by atoms with van der Waals surface area (Å²) in [5.41, 5.74) is 2.18. The molecule has 0 bridgehead atoms. The molecule has 0 radical (unpaired) electrons. The first-order valence-electron chi connectivity index (χ1n) is 12.2. The quantitative estimate of drug-likeness (QED) is 0.192. The molecular weight excluding hydrogens is 545 g/mol. The lowest BCUT2D eigenvalue weighted by Gasteiger charge is -2.36. The third kappa shape index (κ3) is 7.36. The number of hydrogen-bond donors (Lipinski definition) is 0. The normalized spacial score (nSPS) is 13.4. The minimum atomic E-state index is -0.00395. The maximum atomic E-state index is 12.8.